The van der Waals surface area contributed by atoms with Gasteiger partial charge in [-0.15, -0.1) is 6.42 Å². The number of terminal acetylenes is 1. The minimum Gasteiger partial charge on any atom is -0.376 e. The summed E-state index contributed by atoms with van der Waals surface area (Å²) in [5.74, 6) is 1.53. The van der Waals surface area contributed by atoms with E-state index in [9.17, 15) is 14.3 Å². The highest BCUT2D eigenvalue weighted by Gasteiger charge is 2.15. The second-order valence-corrected chi connectivity index (χ2v) is 6.02. The summed E-state index contributed by atoms with van der Waals surface area (Å²) < 4.78 is 14.3. The Morgan fingerprint density at radius 3 is 2.54 bits per heavy atom. The fraction of sp³-hybridized carbons (Fsp3) is 0.250. The molecule has 0 radical (unpaired) electrons. The maximum absolute atomic E-state index is 14.3. The lowest BCUT2D eigenvalue weighted by Gasteiger charge is -2.14. The number of hydrogen-bond acceptors (Lipinski definition) is 2. The van der Waals surface area contributed by atoms with E-state index in [-0.39, 0.29) is 11.9 Å². The van der Waals surface area contributed by atoms with Crippen molar-refractivity contribution in [3.05, 3.63) is 58.9 Å². The van der Waals surface area contributed by atoms with Gasteiger partial charge in [0, 0.05) is 17.2 Å². The van der Waals surface area contributed by atoms with Gasteiger partial charge < -0.3 is 10.4 Å². The summed E-state index contributed by atoms with van der Waals surface area (Å²) in [6.07, 6.45) is 4.11. The molecule has 4 heteroatoms. The van der Waals surface area contributed by atoms with Crippen molar-refractivity contribution in [2.24, 2.45) is 0 Å². The summed E-state index contributed by atoms with van der Waals surface area (Å²) >= 11 is 0. The van der Waals surface area contributed by atoms with Crippen molar-refractivity contribution in [2.45, 2.75) is 32.9 Å². The molecule has 0 aromatic heterocycles. The molecule has 124 valence electrons. The fourth-order valence-corrected chi connectivity index (χ4v) is 2.39. The Kier molecular flexibility index (Phi) is 5.38. The van der Waals surface area contributed by atoms with Gasteiger partial charge in [0.2, 0.25) is 0 Å². The third-order valence-corrected chi connectivity index (χ3v) is 3.55. The Hall–Kier alpha value is -2.64. The predicted octanol–water partition coefficient (Wildman–Crippen LogP) is 3.61. The van der Waals surface area contributed by atoms with Gasteiger partial charge in [-0.3, -0.25) is 4.79 Å². The van der Waals surface area contributed by atoms with Crippen LogP contribution in [0.2, 0.25) is 0 Å². The van der Waals surface area contributed by atoms with E-state index in [2.05, 4.69) is 11.2 Å². The largest absolute Gasteiger partial charge is 0.376 e. The molecule has 0 aliphatic heterocycles. The Balaban J connectivity index is 2.58. The Bertz CT molecular complexity index is 806. The first kappa shape index (κ1) is 17.7. The minimum absolute atomic E-state index is 0.0433. The van der Waals surface area contributed by atoms with Gasteiger partial charge in [0.15, 0.2) is 0 Å². The summed E-state index contributed by atoms with van der Waals surface area (Å²) in [6, 6.07) is 9.54. The average Bonchev–Trinajstić information content (AvgIpc) is 2.53. The van der Waals surface area contributed by atoms with Crippen LogP contribution in [0.25, 0.3) is 11.1 Å². The third-order valence-electron chi connectivity index (χ3n) is 3.55. The molecule has 0 fully saturated rings. The highest BCUT2D eigenvalue weighted by Crippen LogP contribution is 2.28. The van der Waals surface area contributed by atoms with Crippen molar-refractivity contribution < 1.29 is 14.3 Å². The summed E-state index contributed by atoms with van der Waals surface area (Å²) in [6.45, 7) is 5.49. The predicted molar refractivity (Wildman–Crippen MR) is 93.0 cm³/mol. The lowest BCUT2D eigenvalue weighted by atomic mass is 9.96. The van der Waals surface area contributed by atoms with Crippen molar-refractivity contribution in [1.29, 1.82) is 0 Å². The van der Waals surface area contributed by atoms with E-state index in [4.69, 9.17) is 6.42 Å². The molecular formula is C20H20FNO2. The van der Waals surface area contributed by atoms with Crippen molar-refractivity contribution in [1.82, 2.24) is 5.32 Å². The maximum Gasteiger partial charge on any atom is 0.251 e. The van der Waals surface area contributed by atoms with Gasteiger partial charge in [-0.2, -0.15) is 0 Å². The Morgan fingerprint density at radius 2 is 1.96 bits per heavy atom. The number of hydrogen-bond donors (Lipinski definition) is 2. The number of aliphatic hydroxyl groups excluding tert-OH is 1. The zero-order valence-electron chi connectivity index (χ0n) is 13.9. The van der Waals surface area contributed by atoms with E-state index in [1.807, 2.05) is 13.8 Å². The molecule has 2 rings (SSSR count). The molecule has 1 unspecified atom stereocenters. The average molecular weight is 325 g/mol. The van der Waals surface area contributed by atoms with E-state index in [1.54, 1.807) is 31.2 Å². The highest BCUT2D eigenvalue weighted by molar-refractivity contribution is 5.96. The molecule has 24 heavy (non-hydrogen) atoms. The first-order valence-electron chi connectivity index (χ1n) is 7.68. The first-order valence-corrected chi connectivity index (χ1v) is 7.68. The molecule has 2 N–H and O–H groups in total. The Morgan fingerprint density at radius 1 is 1.25 bits per heavy atom. The number of carbonyl (C=O) groups excluding carboxylic acids is 1. The van der Waals surface area contributed by atoms with Crippen molar-refractivity contribution in [3.8, 4) is 23.5 Å². The zero-order chi connectivity index (χ0) is 17.9. The molecule has 0 heterocycles. The van der Waals surface area contributed by atoms with Crippen LogP contribution in [0.3, 0.4) is 0 Å². The standard InChI is InChI=1S/C20H20FNO2/c1-5-19(23)15-9-14(17-7-6-13(4)8-18(17)21)10-16(11-15)20(24)22-12(2)3/h1,6-12,19,23H,2-4H3,(H,22,24). The van der Waals surface area contributed by atoms with Crippen LogP contribution < -0.4 is 5.32 Å². The van der Waals surface area contributed by atoms with Crippen molar-refractivity contribution in [2.75, 3.05) is 0 Å². The van der Waals surface area contributed by atoms with Gasteiger partial charge in [-0.1, -0.05) is 18.1 Å². The van der Waals surface area contributed by atoms with E-state index in [0.717, 1.165) is 5.56 Å². The summed E-state index contributed by atoms with van der Waals surface area (Å²) in [5, 5.41) is 12.7. The number of halogens is 1. The molecule has 2 aromatic rings. The first-order chi connectivity index (χ1) is 11.3. The van der Waals surface area contributed by atoms with Crippen molar-refractivity contribution in [3.63, 3.8) is 0 Å². The topological polar surface area (TPSA) is 49.3 Å². The molecule has 0 spiro atoms. The minimum atomic E-state index is -1.16. The van der Waals surface area contributed by atoms with E-state index in [1.165, 1.54) is 12.1 Å². The second-order valence-electron chi connectivity index (χ2n) is 6.02. The smallest absolute Gasteiger partial charge is 0.251 e. The molecule has 0 saturated heterocycles. The molecule has 0 aliphatic carbocycles. The number of aryl methyl sites for hydroxylation is 1. The van der Waals surface area contributed by atoms with Crippen LogP contribution in [0.15, 0.2) is 36.4 Å². The van der Waals surface area contributed by atoms with Crippen LogP contribution in [0, 0.1) is 25.1 Å². The number of amides is 1. The van der Waals surface area contributed by atoms with Gasteiger partial charge in [0.05, 0.1) is 0 Å². The molecule has 0 aliphatic rings. The second kappa shape index (κ2) is 7.29. The molecule has 0 bridgehead atoms. The SMILES string of the molecule is C#CC(O)c1cc(C(=O)NC(C)C)cc(-c2ccc(C)cc2F)c1. The maximum atomic E-state index is 14.3. The molecule has 2 aromatic carbocycles. The van der Waals surface area contributed by atoms with E-state index in [0.29, 0.717) is 22.3 Å². The molecule has 0 saturated carbocycles. The lowest BCUT2D eigenvalue weighted by molar-refractivity contribution is 0.0943. The molecule has 3 nitrogen and oxygen atoms in total. The lowest BCUT2D eigenvalue weighted by Crippen LogP contribution is -2.30. The van der Waals surface area contributed by atoms with Crippen LogP contribution in [-0.4, -0.2) is 17.1 Å². The fourth-order valence-electron chi connectivity index (χ4n) is 2.39. The zero-order valence-corrected chi connectivity index (χ0v) is 13.9. The van der Waals surface area contributed by atoms with Crippen LogP contribution in [0.5, 0.6) is 0 Å². The third kappa shape index (κ3) is 4.01. The van der Waals surface area contributed by atoms with Gasteiger partial charge in [-0.25, -0.2) is 4.39 Å². The van der Waals surface area contributed by atoms with Crippen LogP contribution in [0.4, 0.5) is 4.39 Å². The number of aliphatic hydroxyl groups is 1. The van der Waals surface area contributed by atoms with Crippen LogP contribution >= 0.6 is 0 Å². The molecule has 1 amide bonds. The van der Waals surface area contributed by atoms with Gasteiger partial charge in [0.1, 0.15) is 11.9 Å². The monoisotopic (exact) mass is 325 g/mol. The molecule has 1 atom stereocenters. The van der Waals surface area contributed by atoms with E-state index >= 15 is 0 Å². The van der Waals surface area contributed by atoms with Crippen LogP contribution in [0.1, 0.15) is 41.4 Å². The van der Waals surface area contributed by atoms with E-state index < -0.39 is 11.9 Å². The van der Waals surface area contributed by atoms with Crippen molar-refractivity contribution >= 4 is 5.91 Å². The summed E-state index contributed by atoms with van der Waals surface area (Å²) in [7, 11) is 0. The Labute approximate surface area is 141 Å². The highest BCUT2D eigenvalue weighted by atomic mass is 19.1. The van der Waals surface area contributed by atoms with Gasteiger partial charge in [-0.05, 0) is 61.7 Å². The number of rotatable bonds is 4. The van der Waals surface area contributed by atoms with Gasteiger partial charge in [0.25, 0.3) is 5.91 Å². The van der Waals surface area contributed by atoms with Gasteiger partial charge >= 0.3 is 0 Å². The molecular weight excluding hydrogens is 305 g/mol. The quantitative estimate of drug-likeness (QED) is 0.844. The number of benzene rings is 2. The summed E-state index contributed by atoms with van der Waals surface area (Å²) in [4.78, 5) is 12.3. The normalized spacial score (nSPS) is 11.9. The van der Waals surface area contributed by atoms with Crippen LogP contribution in [-0.2, 0) is 0 Å². The number of nitrogens with one attached hydrogen (secondary N) is 1. The number of carbonyl (C=O) groups is 1. The summed E-state index contributed by atoms with van der Waals surface area (Å²) in [5.41, 5.74) is 2.35.